The number of hydrogen-bond donors (Lipinski definition) is 2. The Morgan fingerprint density at radius 3 is 2.62 bits per heavy atom. The molecule has 116 valence electrons. The molecule has 2 rings (SSSR count). The monoisotopic (exact) mass is 291 g/mol. The third-order valence-corrected chi connectivity index (χ3v) is 4.05. The molecule has 4 heteroatoms. The van der Waals surface area contributed by atoms with Gasteiger partial charge in [-0.2, -0.15) is 0 Å². The van der Waals surface area contributed by atoms with Gasteiger partial charge in [0.25, 0.3) is 0 Å². The van der Waals surface area contributed by atoms with Crippen molar-refractivity contribution in [2.45, 2.75) is 38.7 Å². The third-order valence-electron chi connectivity index (χ3n) is 4.05. The maximum atomic E-state index is 12.1. The molecule has 1 aliphatic carbocycles. The fourth-order valence-corrected chi connectivity index (χ4v) is 2.77. The minimum atomic E-state index is -0.205. The average molecular weight is 291 g/mol. The van der Waals surface area contributed by atoms with Crippen LogP contribution in [-0.2, 0) is 9.53 Å². The molecule has 0 saturated heterocycles. The van der Waals surface area contributed by atoms with Gasteiger partial charge in [0.2, 0.25) is 5.91 Å². The second kappa shape index (κ2) is 8.15. The van der Waals surface area contributed by atoms with Crippen LogP contribution in [-0.4, -0.2) is 30.8 Å². The van der Waals surface area contributed by atoms with Gasteiger partial charge in [0, 0.05) is 12.5 Å². The van der Waals surface area contributed by atoms with Crippen molar-refractivity contribution >= 4 is 5.91 Å². The SMILES string of the molecule is Cc1ccc([C@H](CNC(=O)C2CCCC2)OCCO)cc1. The maximum Gasteiger partial charge on any atom is 0.223 e. The van der Waals surface area contributed by atoms with Gasteiger partial charge in [-0.1, -0.05) is 42.7 Å². The second-order valence-electron chi connectivity index (χ2n) is 5.72. The largest absolute Gasteiger partial charge is 0.394 e. The van der Waals surface area contributed by atoms with Crippen LogP contribution < -0.4 is 5.32 Å². The molecule has 0 radical (unpaired) electrons. The lowest BCUT2D eigenvalue weighted by molar-refractivity contribution is -0.125. The van der Waals surface area contributed by atoms with Crippen molar-refractivity contribution in [2.75, 3.05) is 19.8 Å². The highest BCUT2D eigenvalue weighted by molar-refractivity contribution is 5.78. The van der Waals surface area contributed by atoms with Gasteiger partial charge in [-0.3, -0.25) is 4.79 Å². The van der Waals surface area contributed by atoms with E-state index in [1.54, 1.807) is 0 Å². The Balaban J connectivity index is 1.92. The lowest BCUT2D eigenvalue weighted by Crippen LogP contribution is -2.33. The van der Waals surface area contributed by atoms with E-state index in [1.807, 2.05) is 31.2 Å². The second-order valence-corrected chi connectivity index (χ2v) is 5.72. The molecule has 1 aromatic carbocycles. The van der Waals surface area contributed by atoms with Gasteiger partial charge in [-0.05, 0) is 25.3 Å². The molecule has 4 nitrogen and oxygen atoms in total. The highest BCUT2D eigenvalue weighted by atomic mass is 16.5. The van der Waals surface area contributed by atoms with Crippen molar-refractivity contribution in [1.82, 2.24) is 5.32 Å². The molecule has 1 aliphatic rings. The molecule has 1 fully saturated rings. The first-order valence-corrected chi connectivity index (χ1v) is 7.77. The molecule has 1 atom stereocenters. The van der Waals surface area contributed by atoms with Crippen molar-refractivity contribution in [3.05, 3.63) is 35.4 Å². The molecular formula is C17H25NO3. The van der Waals surface area contributed by atoms with E-state index in [9.17, 15) is 4.79 Å². The van der Waals surface area contributed by atoms with Gasteiger partial charge in [0.05, 0.1) is 19.3 Å². The van der Waals surface area contributed by atoms with Crippen LogP contribution in [0.25, 0.3) is 0 Å². The Hall–Kier alpha value is -1.39. The Labute approximate surface area is 126 Å². The molecule has 0 unspecified atom stereocenters. The smallest absolute Gasteiger partial charge is 0.223 e. The highest BCUT2D eigenvalue weighted by Crippen LogP contribution is 2.25. The van der Waals surface area contributed by atoms with E-state index >= 15 is 0 Å². The normalized spacial score (nSPS) is 16.9. The number of aliphatic hydroxyl groups is 1. The van der Waals surface area contributed by atoms with Crippen molar-refractivity contribution < 1.29 is 14.6 Å². The summed E-state index contributed by atoms with van der Waals surface area (Å²) in [7, 11) is 0. The fraction of sp³-hybridized carbons (Fsp3) is 0.588. The van der Waals surface area contributed by atoms with Gasteiger partial charge >= 0.3 is 0 Å². The first kappa shape index (κ1) is 16.0. The van der Waals surface area contributed by atoms with Gasteiger partial charge in [0.1, 0.15) is 0 Å². The van der Waals surface area contributed by atoms with Crippen molar-refractivity contribution in [3.8, 4) is 0 Å². The summed E-state index contributed by atoms with van der Waals surface area (Å²) in [4.78, 5) is 12.1. The Bertz CT molecular complexity index is 438. The standard InChI is InChI=1S/C17H25NO3/c1-13-6-8-14(9-7-13)16(21-11-10-19)12-18-17(20)15-4-2-3-5-15/h6-9,15-16,19H,2-5,10-12H2,1H3,(H,18,20)/t16-/m0/s1. The minimum absolute atomic E-state index is 0.0149. The zero-order chi connectivity index (χ0) is 15.1. The molecule has 0 heterocycles. The maximum absolute atomic E-state index is 12.1. The van der Waals surface area contributed by atoms with Crippen molar-refractivity contribution in [3.63, 3.8) is 0 Å². The van der Waals surface area contributed by atoms with Crippen molar-refractivity contribution in [1.29, 1.82) is 0 Å². The Morgan fingerprint density at radius 1 is 1.33 bits per heavy atom. The highest BCUT2D eigenvalue weighted by Gasteiger charge is 2.23. The first-order valence-electron chi connectivity index (χ1n) is 7.77. The van der Waals surface area contributed by atoms with Crippen LogP contribution in [0.2, 0.25) is 0 Å². The van der Waals surface area contributed by atoms with E-state index in [2.05, 4.69) is 5.32 Å². The molecule has 1 aromatic rings. The predicted octanol–water partition coefficient (Wildman–Crippen LogP) is 2.35. The summed E-state index contributed by atoms with van der Waals surface area (Å²) in [5.74, 6) is 0.304. The van der Waals surface area contributed by atoms with Gasteiger partial charge in [0.15, 0.2) is 0 Å². The van der Waals surface area contributed by atoms with E-state index in [4.69, 9.17) is 9.84 Å². The summed E-state index contributed by atoms with van der Waals surface area (Å²) in [6, 6.07) is 8.09. The van der Waals surface area contributed by atoms with E-state index in [1.165, 1.54) is 5.56 Å². The topological polar surface area (TPSA) is 58.6 Å². The van der Waals surface area contributed by atoms with Gasteiger partial charge in [-0.15, -0.1) is 0 Å². The Morgan fingerprint density at radius 2 is 2.00 bits per heavy atom. The summed E-state index contributed by atoms with van der Waals surface area (Å²) in [5, 5.41) is 11.9. The summed E-state index contributed by atoms with van der Waals surface area (Å²) in [6.07, 6.45) is 4.10. The van der Waals surface area contributed by atoms with Crippen LogP contribution in [0, 0.1) is 12.8 Å². The zero-order valence-corrected chi connectivity index (χ0v) is 12.7. The minimum Gasteiger partial charge on any atom is -0.394 e. The number of nitrogens with one attached hydrogen (secondary N) is 1. The zero-order valence-electron chi connectivity index (χ0n) is 12.7. The van der Waals surface area contributed by atoms with Crippen LogP contribution in [0.1, 0.15) is 42.9 Å². The van der Waals surface area contributed by atoms with E-state index < -0.39 is 0 Å². The van der Waals surface area contributed by atoms with E-state index in [0.29, 0.717) is 6.54 Å². The molecular weight excluding hydrogens is 266 g/mol. The molecule has 0 aromatic heterocycles. The third kappa shape index (κ3) is 4.83. The van der Waals surface area contributed by atoms with Crippen molar-refractivity contribution in [2.24, 2.45) is 5.92 Å². The number of carbonyl (C=O) groups excluding carboxylic acids is 1. The molecule has 0 bridgehead atoms. The molecule has 2 N–H and O–H groups in total. The van der Waals surface area contributed by atoms with Crippen LogP contribution in [0.5, 0.6) is 0 Å². The number of carbonyl (C=O) groups is 1. The molecule has 0 spiro atoms. The van der Waals surface area contributed by atoms with Crippen LogP contribution in [0.3, 0.4) is 0 Å². The van der Waals surface area contributed by atoms with Crippen LogP contribution in [0.4, 0.5) is 0 Å². The Kier molecular flexibility index (Phi) is 6.21. The number of aliphatic hydroxyl groups excluding tert-OH is 1. The average Bonchev–Trinajstić information content (AvgIpc) is 3.03. The lowest BCUT2D eigenvalue weighted by Gasteiger charge is -2.20. The van der Waals surface area contributed by atoms with E-state index in [-0.39, 0.29) is 31.1 Å². The van der Waals surface area contributed by atoms with Crippen LogP contribution in [0.15, 0.2) is 24.3 Å². The molecule has 1 amide bonds. The quantitative estimate of drug-likeness (QED) is 0.811. The van der Waals surface area contributed by atoms with Crippen LogP contribution >= 0.6 is 0 Å². The predicted molar refractivity (Wildman–Crippen MR) is 81.9 cm³/mol. The molecule has 1 saturated carbocycles. The number of aryl methyl sites for hydroxylation is 1. The van der Waals surface area contributed by atoms with Gasteiger partial charge in [-0.25, -0.2) is 0 Å². The number of benzene rings is 1. The number of amides is 1. The summed E-state index contributed by atoms with van der Waals surface area (Å²) in [6.45, 7) is 2.75. The summed E-state index contributed by atoms with van der Waals surface area (Å²) >= 11 is 0. The summed E-state index contributed by atoms with van der Waals surface area (Å²) < 4.78 is 5.67. The number of hydrogen-bond acceptors (Lipinski definition) is 3. The van der Waals surface area contributed by atoms with Gasteiger partial charge < -0.3 is 15.2 Å². The first-order chi connectivity index (χ1) is 10.2. The fourth-order valence-electron chi connectivity index (χ4n) is 2.77. The number of ether oxygens (including phenoxy) is 1. The lowest BCUT2D eigenvalue weighted by atomic mass is 10.1. The molecule has 21 heavy (non-hydrogen) atoms. The van der Waals surface area contributed by atoms with E-state index in [0.717, 1.165) is 31.2 Å². The molecule has 0 aliphatic heterocycles. The number of rotatable bonds is 7. The summed E-state index contributed by atoms with van der Waals surface area (Å²) in [5.41, 5.74) is 2.22.